The number of amides is 1. The highest BCUT2D eigenvalue weighted by Gasteiger charge is 2.28. The van der Waals surface area contributed by atoms with Crippen LogP contribution in [0.4, 0.5) is 8.78 Å². The molecule has 0 spiro atoms. The molecule has 2 unspecified atom stereocenters. The molecule has 40 heavy (non-hydrogen) atoms. The van der Waals surface area contributed by atoms with Gasteiger partial charge in [-0.2, -0.15) is 0 Å². The van der Waals surface area contributed by atoms with Crippen molar-refractivity contribution in [3.8, 4) is 5.75 Å². The van der Waals surface area contributed by atoms with Crippen LogP contribution in [0.25, 0.3) is 0 Å². The fraction of sp³-hybridized carbons (Fsp3) is 0.367. The number of fused-ring (bicyclic) bond motifs is 1. The van der Waals surface area contributed by atoms with Gasteiger partial charge in [0.05, 0.1) is 23.6 Å². The van der Waals surface area contributed by atoms with Crippen LogP contribution in [0, 0.1) is 17.6 Å². The van der Waals surface area contributed by atoms with Crippen LogP contribution >= 0.6 is 0 Å². The van der Waals surface area contributed by atoms with Crippen molar-refractivity contribution in [1.29, 1.82) is 0 Å². The molecule has 1 aliphatic rings. The van der Waals surface area contributed by atoms with Crippen molar-refractivity contribution < 1.29 is 26.7 Å². The van der Waals surface area contributed by atoms with Gasteiger partial charge in [-0.05, 0) is 48.4 Å². The number of nitrogens with one attached hydrogen (secondary N) is 2. The predicted octanol–water partition coefficient (Wildman–Crippen LogP) is 5.10. The number of benzene rings is 3. The van der Waals surface area contributed by atoms with Crippen molar-refractivity contribution in [2.24, 2.45) is 5.92 Å². The van der Waals surface area contributed by atoms with E-state index in [1.807, 2.05) is 18.2 Å². The van der Waals surface area contributed by atoms with E-state index in [9.17, 15) is 22.0 Å². The van der Waals surface area contributed by atoms with Gasteiger partial charge in [0.15, 0.2) is 11.6 Å². The van der Waals surface area contributed by atoms with Crippen LogP contribution in [0.15, 0.2) is 71.6 Å². The normalized spacial score (nSPS) is 15.9. The van der Waals surface area contributed by atoms with E-state index in [1.54, 1.807) is 30.3 Å². The first-order valence-corrected chi connectivity index (χ1v) is 14.8. The molecule has 214 valence electrons. The van der Waals surface area contributed by atoms with Crippen LogP contribution in [0.2, 0.25) is 0 Å². The third-order valence-corrected chi connectivity index (χ3v) is 8.14. The van der Waals surface area contributed by atoms with Gasteiger partial charge in [0.2, 0.25) is 15.9 Å². The molecule has 10 heteroatoms. The molecule has 3 aromatic rings. The van der Waals surface area contributed by atoms with Crippen molar-refractivity contribution in [2.45, 2.75) is 50.2 Å². The van der Waals surface area contributed by atoms with E-state index in [4.69, 9.17) is 4.74 Å². The topological polar surface area (TPSA) is 87.7 Å². The second kappa shape index (κ2) is 12.9. The minimum atomic E-state index is -4.26. The standard InChI is InChI=1S/C30H35F2N3O4S/c1-20(2)18-35(3)19-21-9-11-24-27(13-14-39-29(24)15-21)33-30(36)17-28(22-7-5-4-6-8-22)34-40(37,38)23-10-12-25(31)26(32)16-23/h4-12,15-16,20,27-28,34H,13-14,17-19H2,1-3H3,(H,33,36). The summed E-state index contributed by atoms with van der Waals surface area (Å²) >= 11 is 0. The molecule has 0 aromatic heterocycles. The molecular weight excluding hydrogens is 536 g/mol. The highest BCUT2D eigenvalue weighted by atomic mass is 32.2. The number of sulfonamides is 1. The van der Waals surface area contributed by atoms with Crippen LogP contribution < -0.4 is 14.8 Å². The first-order valence-electron chi connectivity index (χ1n) is 13.3. The summed E-state index contributed by atoms with van der Waals surface area (Å²) in [5.41, 5.74) is 2.55. The van der Waals surface area contributed by atoms with Crippen LogP contribution in [-0.4, -0.2) is 39.4 Å². The molecule has 3 aromatic carbocycles. The highest BCUT2D eigenvalue weighted by Crippen LogP contribution is 2.33. The molecule has 0 fully saturated rings. The zero-order valence-corrected chi connectivity index (χ0v) is 23.7. The van der Waals surface area contributed by atoms with Crippen LogP contribution in [-0.2, 0) is 21.4 Å². The Morgan fingerprint density at radius 3 is 2.50 bits per heavy atom. The SMILES string of the molecule is CC(C)CN(C)Cc1ccc2c(c1)OCCC2NC(=O)CC(NS(=O)(=O)c1ccc(F)c(F)c1)c1ccccc1. The van der Waals surface area contributed by atoms with Crippen molar-refractivity contribution in [3.63, 3.8) is 0 Å². The van der Waals surface area contributed by atoms with Crippen molar-refractivity contribution in [1.82, 2.24) is 14.9 Å². The molecule has 1 aliphatic heterocycles. The third kappa shape index (κ3) is 7.65. The molecule has 0 bridgehead atoms. The van der Waals surface area contributed by atoms with Gasteiger partial charge < -0.3 is 15.0 Å². The van der Waals surface area contributed by atoms with E-state index in [-0.39, 0.29) is 18.4 Å². The van der Waals surface area contributed by atoms with E-state index >= 15 is 0 Å². The lowest BCUT2D eigenvalue weighted by Gasteiger charge is -2.28. The van der Waals surface area contributed by atoms with Crippen molar-refractivity contribution in [3.05, 3.63) is 95.1 Å². The summed E-state index contributed by atoms with van der Waals surface area (Å²) in [5, 5.41) is 3.03. The molecule has 1 heterocycles. The maximum atomic E-state index is 13.8. The van der Waals surface area contributed by atoms with Gasteiger partial charge in [0.1, 0.15) is 5.75 Å². The average Bonchev–Trinajstić information content (AvgIpc) is 2.89. The highest BCUT2D eigenvalue weighted by molar-refractivity contribution is 7.89. The molecule has 0 radical (unpaired) electrons. The first kappa shape index (κ1) is 29.6. The number of carbonyl (C=O) groups excluding carboxylic acids is 1. The zero-order valence-electron chi connectivity index (χ0n) is 22.9. The van der Waals surface area contributed by atoms with E-state index in [2.05, 4.69) is 35.8 Å². The molecule has 0 saturated heterocycles. The van der Waals surface area contributed by atoms with Gasteiger partial charge >= 0.3 is 0 Å². The third-order valence-electron chi connectivity index (χ3n) is 6.67. The number of halogens is 2. The Balaban J connectivity index is 1.49. The van der Waals surface area contributed by atoms with Crippen molar-refractivity contribution in [2.75, 3.05) is 20.2 Å². The van der Waals surface area contributed by atoms with E-state index in [1.165, 1.54) is 0 Å². The maximum Gasteiger partial charge on any atom is 0.241 e. The van der Waals surface area contributed by atoms with Gasteiger partial charge in [0, 0.05) is 31.5 Å². The monoisotopic (exact) mass is 571 g/mol. The van der Waals surface area contributed by atoms with E-state index in [0.29, 0.717) is 30.6 Å². The fourth-order valence-corrected chi connectivity index (χ4v) is 6.17. The Morgan fingerprint density at radius 1 is 1.05 bits per heavy atom. The van der Waals surface area contributed by atoms with E-state index < -0.39 is 32.6 Å². The summed E-state index contributed by atoms with van der Waals surface area (Å²) < 4.78 is 61.6. The van der Waals surface area contributed by atoms with Gasteiger partial charge in [-0.15, -0.1) is 0 Å². The van der Waals surface area contributed by atoms with Gasteiger partial charge in [-0.1, -0.05) is 56.3 Å². The molecule has 0 saturated carbocycles. The number of ether oxygens (including phenoxy) is 1. The minimum Gasteiger partial charge on any atom is -0.493 e. The van der Waals surface area contributed by atoms with Gasteiger partial charge in [-0.25, -0.2) is 21.9 Å². The average molecular weight is 572 g/mol. The van der Waals surface area contributed by atoms with E-state index in [0.717, 1.165) is 42.1 Å². The number of hydrogen-bond acceptors (Lipinski definition) is 5. The molecule has 4 rings (SSSR count). The largest absolute Gasteiger partial charge is 0.493 e. The lowest BCUT2D eigenvalue weighted by atomic mass is 9.97. The van der Waals surface area contributed by atoms with Gasteiger partial charge in [0.25, 0.3) is 0 Å². The molecule has 2 atom stereocenters. The van der Waals surface area contributed by atoms with Crippen molar-refractivity contribution >= 4 is 15.9 Å². The van der Waals surface area contributed by atoms with Crippen LogP contribution in [0.1, 0.15) is 55.5 Å². The summed E-state index contributed by atoms with van der Waals surface area (Å²) in [6, 6.07) is 15.8. The molecule has 1 amide bonds. The maximum absolute atomic E-state index is 13.8. The lowest BCUT2D eigenvalue weighted by Crippen LogP contribution is -2.36. The molecular formula is C30H35F2N3O4S. The number of hydrogen-bond donors (Lipinski definition) is 2. The fourth-order valence-electron chi connectivity index (χ4n) is 4.93. The predicted molar refractivity (Wildman–Crippen MR) is 149 cm³/mol. The second-order valence-electron chi connectivity index (χ2n) is 10.6. The van der Waals surface area contributed by atoms with Crippen LogP contribution in [0.5, 0.6) is 5.75 Å². The number of rotatable bonds is 11. The number of carbonyl (C=O) groups is 1. The summed E-state index contributed by atoms with van der Waals surface area (Å²) in [5.74, 6) is -1.50. The Morgan fingerprint density at radius 2 is 1.80 bits per heavy atom. The summed E-state index contributed by atoms with van der Waals surface area (Å²) in [6.07, 6.45) is 0.375. The summed E-state index contributed by atoms with van der Waals surface area (Å²) in [6.45, 7) is 6.54. The molecule has 0 aliphatic carbocycles. The Hall–Kier alpha value is -3.34. The Kier molecular flexibility index (Phi) is 9.55. The summed E-state index contributed by atoms with van der Waals surface area (Å²) in [4.78, 5) is 15.1. The summed E-state index contributed by atoms with van der Waals surface area (Å²) in [7, 11) is -2.18. The quantitative estimate of drug-likeness (QED) is 0.334. The second-order valence-corrected chi connectivity index (χ2v) is 12.3. The first-order chi connectivity index (χ1) is 19.0. The zero-order chi connectivity index (χ0) is 28.9. The lowest BCUT2D eigenvalue weighted by molar-refractivity contribution is -0.122. The Bertz CT molecular complexity index is 1430. The Labute approximate surface area is 234 Å². The minimum absolute atomic E-state index is 0.197. The smallest absolute Gasteiger partial charge is 0.241 e. The number of nitrogens with zero attached hydrogens (tertiary/aromatic N) is 1. The van der Waals surface area contributed by atoms with Gasteiger partial charge in [-0.3, -0.25) is 4.79 Å². The molecule has 2 N–H and O–H groups in total. The molecule has 7 nitrogen and oxygen atoms in total. The van der Waals surface area contributed by atoms with Crippen LogP contribution in [0.3, 0.4) is 0 Å².